The van der Waals surface area contributed by atoms with Crippen molar-refractivity contribution in [2.75, 3.05) is 6.79 Å². The third-order valence-corrected chi connectivity index (χ3v) is 5.61. The summed E-state index contributed by atoms with van der Waals surface area (Å²) in [7, 11) is 0. The first-order valence-corrected chi connectivity index (χ1v) is 10.5. The molecule has 5 rings (SSSR count). The van der Waals surface area contributed by atoms with Crippen molar-refractivity contribution in [3.05, 3.63) is 95.7 Å². The fourth-order valence-corrected chi connectivity index (χ4v) is 3.95. The van der Waals surface area contributed by atoms with Crippen molar-refractivity contribution in [2.24, 2.45) is 0 Å². The number of nitrogens with zero attached hydrogens (tertiary/aromatic N) is 1. The molecule has 0 fully saturated rings. The maximum Gasteiger partial charge on any atom is 0.231 e. The van der Waals surface area contributed by atoms with Crippen LogP contribution in [0.3, 0.4) is 0 Å². The average molecular weight is 426 g/mol. The van der Waals surface area contributed by atoms with Crippen LogP contribution in [0.4, 0.5) is 0 Å². The molecule has 6 nitrogen and oxygen atoms in total. The predicted octanol–water partition coefficient (Wildman–Crippen LogP) is 4.51. The van der Waals surface area contributed by atoms with E-state index in [4.69, 9.17) is 9.47 Å². The summed E-state index contributed by atoms with van der Waals surface area (Å²) in [5.41, 5.74) is 2.95. The minimum atomic E-state index is -0.570. The lowest BCUT2D eigenvalue weighted by molar-refractivity contribution is -0.121. The number of phenolic OH excluding ortho intramolecular Hbond substituents is 1. The first-order valence-electron chi connectivity index (χ1n) is 10.5. The van der Waals surface area contributed by atoms with Gasteiger partial charge in [0, 0.05) is 23.6 Å². The van der Waals surface area contributed by atoms with Gasteiger partial charge in [0.05, 0.1) is 6.04 Å². The van der Waals surface area contributed by atoms with E-state index >= 15 is 0 Å². The maximum atomic E-state index is 12.9. The standard InChI is InChI=1S/C26H22N2O4/c29-23(13-8-17-5-2-1-3-6-17)28-24(19-10-12-21-22(15-19)32-16-31-21)20-11-9-18-7-4-14-27-25(18)26(20)30/h1-7,9-12,14-15,24,30H,8,13,16H2,(H,28,29). The molecule has 0 saturated carbocycles. The fourth-order valence-electron chi connectivity index (χ4n) is 3.95. The molecule has 0 spiro atoms. The second kappa shape index (κ2) is 8.59. The van der Waals surface area contributed by atoms with Gasteiger partial charge in [0.15, 0.2) is 11.5 Å². The molecule has 32 heavy (non-hydrogen) atoms. The van der Waals surface area contributed by atoms with Crippen LogP contribution in [-0.4, -0.2) is 22.8 Å². The second-order valence-electron chi connectivity index (χ2n) is 7.68. The van der Waals surface area contributed by atoms with Crippen molar-refractivity contribution in [1.82, 2.24) is 10.3 Å². The molecular formula is C26H22N2O4. The van der Waals surface area contributed by atoms with E-state index in [-0.39, 0.29) is 18.4 Å². The molecule has 1 amide bonds. The summed E-state index contributed by atoms with van der Waals surface area (Å²) < 4.78 is 10.9. The highest BCUT2D eigenvalue weighted by Gasteiger charge is 2.24. The zero-order chi connectivity index (χ0) is 21.9. The van der Waals surface area contributed by atoms with Crippen LogP contribution in [-0.2, 0) is 11.2 Å². The number of carbonyl (C=O) groups is 1. The minimum absolute atomic E-state index is 0.0501. The van der Waals surface area contributed by atoms with E-state index in [9.17, 15) is 9.90 Å². The lowest BCUT2D eigenvalue weighted by atomic mass is 9.95. The number of fused-ring (bicyclic) bond motifs is 2. The van der Waals surface area contributed by atoms with E-state index < -0.39 is 6.04 Å². The number of carbonyl (C=O) groups excluding carboxylic acids is 1. The highest BCUT2D eigenvalue weighted by molar-refractivity contribution is 5.86. The van der Waals surface area contributed by atoms with Crippen molar-refractivity contribution in [2.45, 2.75) is 18.9 Å². The van der Waals surface area contributed by atoms with Crippen LogP contribution < -0.4 is 14.8 Å². The topological polar surface area (TPSA) is 80.7 Å². The van der Waals surface area contributed by atoms with Gasteiger partial charge in [-0.25, -0.2) is 0 Å². The Hall–Kier alpha value is -4.06. The number of aromatic nitrogens is 1. The zero-order valence-electron chi connectivity index (χ0n) is 17.3. The number of ether oxygens (including phenoxy) is 2. The monoisotopic (exact) mass is 426 g/mol. The van der Waals surface area contributed by atoms with Crippen molar-refractivity contribution in [3.8, 4) is 17.2 Å². The molecule has 160 valence electrons. The number of phenols is 1. The van der Waals surface area contributed by atoms with Gasteiger partial charge in [-0.05, 0) is 35.7 Å². The third-order valence-electron chi connectivity index (χ3n) is 5.61. The van der Waals surface area contributed by atoms with Gasteiger partial charge in [-0.1, -0.05) is 54.6 Å². The van der Waals surface area contributed by atoms with Crippen LogP contribution >= 0.6 is 0 Å². The molecular weight excluding hydrogens is 404 g/mol. The Morgan fingerprint density at radius 1 is 1.00 bits per heavy atom. The number of rotatable bonds is 6. The molecule has 2 N–H and O–H groups in total. The van der Waals surface area contributed by atoms with Crippen molar-refractivity contribution in [1.29, 1.82) is 0 Å². The van der Waals surface area contributed by atoms with E-state index in [1.54, 1.807) is 6.20 Å². The van der Waals surface area contributed by atoms with E-state index in [2.05, 4.69) is 10.3 Å². The number of amides is 1. The number of pyridine rings is 1. The Morgan fingerprint density at radius 3 is 2.72 bits per heavy atom. The number of hydrogen-bond acceptors (Lipinski definition) is 5. The van der Waals surface area contributed by atoms with E-state index in [0.29, 0.717) is 35.4 Å². The Morgan fingerprint density at radius 2 is 1.84 bits per heavy atom. The summed E-state index contributed by atoms with van der Waals surface area (Å²) in [6.07, 6.45) is 2.60. The van der Waals surface area contributed by atoms with Crippen LogP contribution in [0.1, 0.15) is 29.2 Å². The third kappa shape index (κ3) is 3.95. The lowest BCUT2D eigenvalue weighted by Crippen LogP contribution is -2.29. The summed E-state index contributed by atoms with van der Waals surface area (Å²) in [6.45, 7) is 0.165. The van der Waals surface area contributed by atoms with Gasteiger partial charge in [0.1, 0.15) is 11.3 Å². The molecule has 6 heteroatoms. The van der Waals surface area contributed by atoms with Crippen molar-refractivity contribution < 1.29 is 19.4 Å². The van der Waals surface area contributed by atoms with Gasteiger partial charge in [-0.15, -0.1) is 0 Å². The molecule has 0 saturated heterocycles. The predicted molar refractivity (Wildman–Crippen MR) is 121 cm³/mol. The molecule has 2 heterocycles. The van der Waals surface area contributed by atoms with Gasteiger partial charge in [0.2, 0.25) is 12.7 Å². The Labute approximate surface area is 185 Å². The molecule has 4 aromatic rings. The quantitative estimate of drug-likeness (QED) is 0.474. The number of hydrogen-bond donors (Lipinski definition) is 2. The van der Waals surface area contributed by atoms with Gasteiger partial charge < -0.3 is 19.9 Å². The molecule has 1 aromatic heterocycles. The molecule has 1 unspecified atom stereocenters. The zero-order valence-corrected chi connectivity index (χ0v) is 17.3. The highest BCUT2D eigenvalue weighted by atomic mass is 16.7. The number of aryl methyl sites for hydroxylation is 1. The molecule has 1 aliphatic heterocycles. The minimum Gasteiger partial charge on any atom is -0.505 e. The van der Waals surface area contributed by atoms with Crippen LogP contribution in [0.15, 0.2) is 79.0 Å². The molecule has 1 aliphatic rings. The van der Waals surface area contributed by atoms with Crippen LogP contribution in [0, 0.1) is 0 Å². The van der Waals surface area contributed by atoms with E-state index in [1.807, 2.05) is 72.8 Å². The molecule has 3 aromatic carbocycles. The molecule has 0 bridgehead atoms. The Balaban J connectivity index is 1.48. The fraction of sp³-hybridized carbons (Fsp3) is 0.154. The van der Waals surface area contributed by atoms with Gasteiger partial charge in [-0.2, -0.15) is 0 Å². The normalized spacial score (nSPS) is 13.1. The number of aromatic hydroxyl groups is 1. The van der Waals surface area contributed by atoms with Gasteiger partial charge in [0.25, 0.3) is 0 Å². The highest BCUT2D eigenvalue weighted by Crippen LogP contribution is 2.39. The lowest BCUT2D eigenvalue weighted by Gasteiger charge is -2.22. The summed E-state index contributed by atoms with van der Waals surface area (Å²) in [5, 5.41) is 14.9. The largest absolute Gasteiger partial charge is 0.505 e. The van der Waals surface area contributed by atoms with Crippen LogP contribution in [0.2, 0.25) is 0 Å². The van der Waals surface area contributed by atoms with E-state index in [0.717, 1.165) is 16.5 Å². The van der Waals surface area contributed by atoms with Crippen LogP contribution in [0.25, 0.3) is 10.9 Å². The first-order chi connectivity index (χ1) is 15.7. The summed E-state index contributed by atoms with van der Waals surface area (Å²) in [5.74, 6) is 1.21. The van der Waals surface area contributed by atoms with Gasteiger partial charge >= 0.3 is 0 Å². The van der Waals surface area contributed by atoms with Crippen LogP contribution in [0.5, 0.6) is 17.2 Å². The first kappa shape index (κ1) is 19.9. The summed E-state index contributed by atoms with van der Waals surface area (Å²) in [4.78, 5) is 17.2. The second-order valence-corrected chi connectivity index (χ2v) is 7.68. The van der Waals surface area contributed by atoms with Crippen molar-refractivity contribution >= 4 is 16.8 Å². The maximum absolute atomic E-state index is 12.9. The van der Waals surface area contributed by atoms with E-state index in [1.165, 1.54) is 0 Å². The Bertz CT molecular complexity index is 1270. The molecule has 0 aliphatic carbocycles. The van der Waals surface area contributed by atoms with Gasteiger partial charge in [-0.3, -0.25) is 9.78 Å². The van der Waals surface area contributed by atoms with Crippen molar-refractivity contribution in [3.63, 3.8) is 0 Å². The Kier molecular flexibility index (Phi) is 5.34. The summed E-state index contributed by atoms with van der Waals surface area (Å²) >= 11 is 0. The summed E-state index contributed by atoms with van der Waals surface area (Å²) in [6, 6.07) is 22.3. The smallest absolute Gasteiger partial charge is 0.231 e. The SMILES string of the molecule is O=C(CCc1ccccc1)NC(c1ccc2c(c1)OCO2)c1ccc2cccnc2c1O. The number of nitrogens with one attached hydrogen (secondary N) is 1. The molecule has 0 radical (unpaired) electrons. The molecule has 1 atom stereocenters. The number of benzene rings is 3. The average Bonchev–Trinajstić information content (AvgIpc) is 3.31.